The monoisotopic (exact) mass is 340 g/mol. The van der Waals surface area contributed by atoms with Crippen molar-refractivity contribution < 1.29 is 9.90 Å². The Kier molecular flexibility index (Phi) is 4.21. The van der Waals surface area contributed by atoms with Crippen molar-refractivity contribution in [2.75, 3.05) is 11.9 Å². The first kappa shape index (κ1) is 14.0. The van der Waals surface area contributed by atoms with Gasteiger partial charge in [-0.25, -0.2) is 9.78 Å². The fourth-order valence-electron chi connectivity index (χ4n) is 1.79. The lowest BCUT2D eigenvalue weighted by Gasteiger charge is -2.21. The minimum atomic E-state index is -0.927. The van der Waals surface area contributed by atoms with E-state index in [9.17, 15) is 9.90 Å². The van der Waals surface area contributed by atoms with Gasteiger partial charge in [-0.3, -0.25) is 0 Å². The molecule has 1 aromatic heterocycles. The summed E-state index contributed by atoms with van der Waals surface area (Å²) >= 11 is 4.88. The van der Waals surface area contributed by atoms with E-state index in [2.05, 4.69) is 20.9 Å². The lowest BCUT2D eigenvalue weighted by molar-refractivity contribution is 0.0697. The van der Waals surface area contributed by atoms with Crippen LogP contribution in [0.3, 0.4) is 0 Å². The highest BCUT2D eigenvalue weighted by Crippen LogP contribution is 2.26. The Labute approximate surface area is 123 Å². The highest BCUT2D eigenvalue weighted by Gasteiger charge is 2.15. The van der Waals surface area contributed by atoms with Crippen LogP contribution in [0.15, 0.2) is 28.2 Å². The topological polar surface area (TPSA) is 53.4 Å². The van der Waals surface area contributed by atoms with Gasteiger partial charge in [0.15, 0.2) is 0 Å². The number of halogens is 1. The van der Waals surface area contributed by atoms with Gasteiger partial charge in [-0.1, -0.05) is 15.9 Å². The average molecular weight is 341 g/mol. The number of carboxylic acid groups (broad SMARTS) is 1. The van der Waals surface area contributed by atoms with E-state index in [1.165, 1.54) is 0 Å². The molecule has 0 aliphatic heterocycles. The zero-order valence-electron chi connectivity index (χ0n) is 10.6. The average Bonchev–Trinajstić information content (AvgIpc) is 2.74. The molecule has 0 radical (unpaired) electrons. The van der Waals surface area contributed by atoms with Crippen LogP contribution in [-0.4, -0.2) is 23.1 Å². The second-order valence-electron chi connectivity index (χ2n) is 4.18. The van der Waals surface area contributed by atoms with E-state index in [1.807, 2.05) is 31.0 Å². The summed E-state index contributed by atoms with van der Waals surface area (Å²) in [5.41, 5.74) is 3.78. The Balaban J connectivity index is 2.31. The van der Waals surface area contributed by atoms with Crippen molar-refractivity contribution in [3.8, 4) is 0 Å². The summed E-state index contributed by atoms with van der Waals surface area (Å²) in [6.07, 6.45) is 0. The molecule has 2 rings (SSSR count). The normalized spacial score (nSPS) is 10.5. The molecule has 1 N–H and O–H groups in total. The van der Waals surface area contributed by atoms with Gasteiger partial charge in [0, 0.05) is 16.4 Å². The van der Waals surface area contributed by atoms with Crippen LogP contribution in [0.2, 0.25) is 0 Å². The summed E-state index contributed by atoms with van der Waals surface area (Å²) in [5, 5.41) is 9.26. The molecule has 1 heterocycles. The standard InChI is InChI=1S/C13H13BrN2O2S/c1-8-12(19-7-15-8)6-16(2)11-4-3-9(14)5-10(11)13(17)18/h3-5,7H,6H2,1-2H3,(H,17,18). The molecule has 0 atom stereocenters. The number of benzene rings is 1. The van der Waals surface area contributed by atoms with Gasteiger partial charge in [0.2, 0.25) is 0 Å². The third-order valence-electron chi connectivity index (χ3n) is 2.83. The third-order valence-corrected chi connectivity index (χ3v) is 4.24. The van der Waals surface area contributed by atoms with Gasteiger partial charge in [0.05, 0.1) is 29.0 Å². The molecule has 2 aromatic rings. The van der Waals surface area contributed by atoms with E-state index in [0.717, 1.165) is 15.0 Å². The Morgan fingerprint density at radius 3 is 2.84 bits per heavy atom. The molecule has 4 nitrogen and oxygen atoms in total. The second-order valence-corrected chi connectivity index (χ2v) is 6.04. The van der Waals surface area contributed by atoms with E-state index >= 15 is 0 Å². The fraction of sp³-hybridized carbons (Fsp3) is 0.231. The van der Waals surface area contributed by atoms with Gasteiger partial charge in [0.1, 0.15) is 0 Å². The van der Waals surface area contributed by atoms with Crippen LogP contribution in [-0.2, 0) is 6.54 Å². The molecule has 0 bridgehead atoms. The highest BCUT2D eigenvalue weighted by molar-refractivity contribution is 9.10. The molecule has 0 unspecified atom stereocenters. The van der Waals surface area contributed by atoms with Gasteiger partial charge in [-0.05, 0) is 25.1 Å². The van der Waals surface area contributed by atoms with Gasteiger partial charge in [-0.15, -0.1) is 11.3 Å². The molecule has 0 aliphatic rings. The van der Waals surface area contributed by atoms with E-state index in [-0.39, 0.29) is 0 Å². The second kappa shape index (κ2) is 5.71. The molecule has 1 aromatic carbocycles. The highest BCUT2D eigenvalue weighted by atomic mass is 79.9. The number of hydrogen-bond donors (Lipinski definition) is 1. The maximum Gasteiger partial charge on any atom is 0.337 e. The molecular formula is C13H13BrN2O2S. The van der Waals surface area contributed by atoms with Crippen molar-refractivity contribution >= 4 is 38.9 Å². The zero-order chi connectivity index (χ0) is 14.0. The first-order valence-corrected chi connectivity index (χ1v) is 7.29. The van der Waals surface area contributed by atoms with Crippen LogP contribution in [0.5, 0.6) is 0 Å². The quantitative estimate of drug-likeness (QED) is 0.924. The number of carboxylic acids is 1. The number of nitrogens with zero attached hydrogens (tertiary/aromatic N) is 2. The maximum absolute atomic E-state index is 11.3. The van der Waals surface area contributed by atoms with Gasteiger partial charge < -0.3 is 10.0 Å². The van der Waals surface area contributed by atoms with Crippen LogP contribution in [0.1, 0.15) is 20.9 Å². The van der Waals surface area contributed by atoms with E-state index < -0.39 is 5.97 Å². The molecule has 100 valence electrons. The van der Waals surface area contributed by atoms with Crippen molar-refractivity contribution in [3.63, 3.8) is 0 Å². The number of thiazole rings is 1. The first-order valence-electron chi connectivity index (χ1n) is 5.62. The maximum atomic E-state index is 11.3. The minimum Gasteiger partial charge on any atom is -0.478 e. The fourth-order valence-corrected chi connectivity index (χ4v) is 2.98. The Morgan fingerprint density at radius 1 is 1.53 bits per heavy atom. The van der Waals surface area contributed by atoms with Gasteiger partial charge >= 0.3 is 5.97 Å². The van der Waals surface area contributed by atoms with Crippen molar-refractivity contribution in [3.05, 3.63) is 44.3 Å². The Bertz CT molecular complexity index is 612. The summed E-state index contributed by atoms with van der Waals surface area (Å²) in [4.78, 5) is 18.6. The Hall–Kier alpha value is -1.40. The molecule has 0 saturated heterocycles. The third kappa shape index (κ3) is 3.13. The van der Waals surface area contributed by atoms with E-state index in [4.69, 9.17) is 0 Å². The summed E-state index contributed by atoms with van der Waals surface area (Å²) in [7, 11) is 1.88. The SMILES string of the molecule is Cc1ncsc1CN(C)c1ccc(Br)cc1C(=O)O. The van der Waals surface area contributed by atoms with Crippen molar-refractivity contribution in [1.82, 2.24) is 4.98 Å². The number of anilines is 1. The van der Waals surface area contributed by atoms with Crippen LogP contribution < -0.4 is 4.90 Å². The van der Waals surface area contributed by atoms with Crippen molar-refractivity contribution in [2.45, 2.75) is 13.5 Å². The lowest BCUT2D eigenvalue weighted by atomic mass is 10.1. The van der Waals surface area contributed by atoms with Crippen LogP contribution in [0.25, 0.3) is 0 Å². The molecule has 0 spiro atoms. The van der Waals surface area contributed by atoms with Crippen LogP contribution >= 0.6 is 27.3 Å². The number of rotatable bonds is 4. The lowest BCUT2D eigenvalue weighted by Crippen LogP contribution is -2.19. The molecule has 0 amide bonds. The predicted octanol–water partition coefficient (Wildman–Crippen LogP) is 3.55. The number of carbonyl (C=O) groups is 1. The summed E-state index contributed by atoms with van der Waals surface area (Å²) in [6.45, 7) is 2.61. The zero-order valence-corrected chi connectivity index (χ0v) is 13.0. The number of hydrogen-bond acceptors (Lipinski definition) is 4. The summed E-state index contributed by atoms with van der Waals surface area (Å²) in [5.74, 6) is -0.927. The van der Waals surface area contributed by atoms with Crippen molar-refractivity contribution in [2.24, 2.45) is 0 Å². The smallest absolute Gasteiger partial charge is 0.337 e. The number of aromatic nitrogens is 1. The van der Waals surface area contributed by atoms with Gasteiger partial charge in [-0.2, -0.15) is 0 Å². The van der Waals surface area contributed by atoms with Crippen LogP contribution in [0, 0.1) is 6.92 Å². The molecule has 19 heavy (non-hydrogen) atoms. The summed E-state index contributed by atoms with van der Waals surface area (Å²) < 4.78 is 0.760. The predicted molar refractivity (Wildman–Crippen MR) is 80.1 cm³/mol. The number of aryl methyl sites for hydroxylation is 1. The largest absolute Gasteiger partial charge is 0.478 e. The minimum absolute atomic E-state index is 0.291. The molecule has 0 aliphatic carbocycles. The molecule has 6 heteroatoms. The molecule has 0 saturated carbocycles. The Morgan fingerprint density at radius 2 is 2.26 bits per heavy atom. The summed E-state index contributed by atoms with van der Waals surface area (Å²) in [6, 6.07) is 5.27. The van der Waals surface area contributed by atoms with E-state index in [1.54, 1.807) is 22.9 Å². The first-order chi connectivity index (χ1) is 8.99. The number of aromatic carboxylic acids is 1. The van der Waals surface area contributed by atoms with Gasteiger partial charge in [0.25, 0.3) is 0 Å². The molecule has 0 fully saturated rings. The molecular weight excluding hydrogens is 328 g/mol. The van der Waals surface area contributed by atoms with E-state index in [0.29, 0.717) is 17.8 Å². The van der Waals surface area contributed by atoms with Crippen molar-refractivity contribution in [1.29, 1.82) is 0 Å². The van der Waals surface area contributed by atoms with Crippen LogP contribution in [0.4, 0.5) is 5.69 Å².